The number of ether oxygens (including phenoxy) is 1. The summed E-state index contributed by atoms with van der Waals surface area (Å²) in [6, 6.07) is 8.18. The van der Waals surface area contributed by atoms with Gasteiger partial charge in [0.2, 0.25) is 0 Å². The SMILES string of the molecule is CCNC(=NCCc1cccc(C(=O)NC)c1)NC1CCN(CCOC)CC1.I. The maximum absolute atomic E-state index is 11.8. The molecule has 1 heterocycles. The molecule has 0 atom stereocenters. The van der Waals surface area contributed by atoms with Crippen molar-refractivity contribution in [3.63, 3.8) is 0 Å². The van der Waals surface area contributed by atoms with Crippen LogP contribution in [0.1, 0.15) is 35.7 Å². The molecular formula is C21H36IN5O2. The summed E-state index contributed by atoms with van der Waals surface area (Å²) in [6.45, 7) is 7.58. The lowest BCUT2D eigenvalue weighted by molar-refractivity contribution is 0.0963. The van der Waals surface area contributed by atoms with Crippen molar-refractivity contribution in [2.75, 3.05) is 53.5 Å². The Kier molecular flexibility index (Phi) is 12.9. The number of halogens is 1. The second-order valence-electron chi connectivity index (χ2n) is 7.04. The number of nitrogens with zero attached hydrogens (tertiary/aromatic N) is 2. The van der Waals surface area contributed by atoms with E-state index in [1.54, 1.807) is 14.2 Å². The van der Waals surface area contributed by atoms with Gasteiger partial charge in [0.1, 0.15) is 0 Å². The summed E-state index contributed by atoms with van der Waals surface area (Å²) in [5, 5.41) is 9.58. The van der Waals surface area contributed by atoms with Crippen molar-refractivity contribution >= 4 is 35.8 Å². The Bertz CT molecular complexity index is 633. The quantitative estimate of drug-likeness (QED) is 0.265. The Balaban J connectivity index is 0.00000420. The first kappa shape index (κ1) is 25.6. The van der Waals surface area contributed by atoms with Gasteiger partial charge in [-0.15, -0.1) is 24.0 Å². The molecule has 0 saturated carbocycles. The molecule has 29 heavy (non-hydrogen) atoms. The molecule has 2 rings (SSSR count). The van der Waals surface area contributed by atoms with Crippen LogP contribution in [0.3, 0.4) is 0 Å². The standard InChI is InChI=1S/C21H35N5O2.HI/c1-4-23-21(25-19-9-12-26(13-10-19)14-15-28-3)24-11-8-17-6-5-7-18(16-17)20(27)22-2;/h5-7,16,19H,4,8-15H2,1-3H3,(H,22,27)(H2,23,24,25);1H. The molecule has 1 aromatic carbocycles. The molecule has 8 heteroatoms. The van der Waals surface area contributed by atoms with Crippen molar-refractivity contribution in [1.29, 1.82) is 0 Å². The zero-order chi connectivity index (χ0) is 20.2. The molecule has 164 valence electrons. The van der Waals surface area contributed by atoms with Gasteiger partial charge in [-0.05, 0) is 43.9 Å². The van der Waals surface area contributed by atoms with E-state index in [9.17, 15) is 4.79 Å². The number of aliphatic imine (C=N–C) groups is 1. The molecule has 1 aliphatic rings. The molecular weight excluding hydrogens is 481 g/mol. The Morgan fingerprint density at radius 1 is 1.31 bits per heavy atom. The van der Waals surface area contributed by atoms with E-state index in [0.29, 0.717) is 18.2 Å². The van der Waals surface area contributed by atoms with E-state index < -0.39 is 0 Å². The molecule has 1 amide bonds. The molecule has 1 fully saturated rings. The fraction of sp³-hybridized carbons (Fsp3) is 0.619. The highest BCUT2D eigenvalue weighted by molar-refractivity contribution is 14.0. The van der Waals surface area contributed by atoms with Crippen LogP contribution in [0.2, 0.25) is 0 Å². The van der Waals surface area contributed by atoms with Gasteiger partial charge in [0, 0.05) is 58.5 Å². The van der Waals surface area contributed by atoms with E-state index in [-0.39, 0.29) is 29.9 Å². The number of rotatable bonds is 9. The molecule has 3 N–H and O–H groups in total. The van der Waals surface area contributed by atoms with Crippen molar-refractivity contribution in [3.05, 3.63) is 35.4 Å². The van der Waals surface area contributed by atoms with Crippen LogP contribution in [0.4, 0.5) is 0 Å². The average Bonchev–Trinajstić information content (AvgIpc) is 2.73. The second-order valence-corrected chi connectivity index (χ2v) is 7.04. The molecule has 0 aromatic heterocycles. The van der Waals surface area contributed by atoms with E-state index in [0.717, 1.165) is 63.6 Å². The predicted octanol–water partition coefficient (Wildman–Crippen LogP) is 1.87. The fourth-order valence-corrected chi connectivity index (χ4v) is 3.34. The van der Waals surface area contributed by atoms with Crippen LogP contribution in [-0.2, 0) is 11.2 Å². The maximum Gasteiger partial charge on any atom is 0.251 e. The lowest BCUT2D eigenvalue weighted by Gasteiger charge is -2.32. The monoisotopic (exact) mass is 517 g/mol. The number of piperidine rings is 1. The van der Waals surface area contributed by atoms with E-state index in [1.165, 1.54) is 0 Å². The number of nitrogens with one attached hydrogen (secondary N) is 3. The first-order chi connectivity index (χ1) is 13.7. The predicted molar refractivity (Wildman–Crippen MR) is 129 cm³/mol. The van der Waals surface area contributed by atoms with Gasteiger partial charge in [0.25, 0.3) is 5.91 Å². The number of benzene rings is 1. The molecule has 0 unspecified atom stereocenters. The van der Waals surface area contributed by atoms with Gasteiger partial charge in [-0.2, -0.15) is 0 Å². The van der Waals surface area contributed by atoms with Gasteiger partial charge in [0.05, 0.1) is 6.61 Å². The van der Waals surface area contributed by atoms with Crippen LogP contribution in [0, 0.1) is 0 Å². The molecule has 0 radical (unpaired) electrons. The van der Waals surface area contributed by atoms with E-state index in [1.807, 2.05) is 24.3 Å². The van der Waals surface area contributed by atoms with Gasteiger partial charge in [0.15, 0.2) is 5.96 Å². The molecule has 7 nitrogen and oxygen atoms in total. The molecule has 0 spiro atoms. The summed E-state index contributed by atoms with van der Waals surface area (Å²) >= 11 is 0. The first-order valence-corrected chi connectivity index (χ1v) is 10.2. The highest BCUT2D eigenvalue weighted by atomic mass is 127. The third kappa shape index (κ3) is 9.31. The van der Waals surface area contributed by atoms with Crippen molar-refractivity contribution in [1.82, 2.24) is 20.9 Å². The normalized spacial score (nSPS) is 15.5. The lowest BCUT2D eigenvalue weighted by atomic mass is 10.1. The Labute approximate surface area is 192 Å². The Morgan fingerprint density at radius 2 is 2.07 bits per heavy atom. The van der Waals surface area contributed by atoms with Crippen molar-refractivity contribution in [3.8, 4) is 0 Å². The molecule has 1 aromatic rings. The maximum atomic E-state index is 11.8. The number of likely N-dealkylation sites (tertiary alicyclic amines) is 1. The van der Waals surface area contributed by atoms with Crippen LogP contribution in [-0.4, -0.2) is 76.3 Å². The number of carbonyl (C=O) groups is 1. The highest BCUT2D eigenvalue weighted by Crippen LogP contribution is 2.10. The number of methoxy groups -OCH3 is 1. The molecule has 0 aliphatic carbocycles. The highest BCUT2D eigenvalue weighted by Gasteiger charge is 2.19. The van der Waals surface area contributed by atoms with Crippen LogP contribution >= 0.6 is 24.0 Å². The summed E-state index contributed by atoms with van der Waals surface area (Å²) in [5.41, 5.74) is 1.81. The van der Waals surface area contributed by atoms with E-state index in [2.05, 4.69) is 27.8 Å². The largest absolute Gasteiger partial charge is 0.383 e. The lowest BCUT2D eigenvalue weighted by Crippen LogP contribution is -2.49. The first-order valence-electron chi connectivity index (χ1n) is 10.2. The number of amides is 1. The van der Waals surface area contributed by atoms with Gasteiger partial charge >= 0.3 is 0 Å². The van der Waals surface area contributed by atoms with Gasteiger partial charge in [-0.1, -0.05) is 12.1 Å². The van der Waals surface area contributed by atoms with Crippen LogP contribution in [0.15, 0.2) is 29.3 Å². The van der Waals surface area contributed by atoms with Crippen molar-refractivity contribution in [2.45, 2.75) is 32.2 Å². The van der Waals surface area contributed by atoms with Crippen LogP contribution in [0.25, 0.3) is 0 Å². The van der Waals surface area contributed by atoms with Gasteiger partial charge < -0.3 is 25.6 Å². The third-order valence-electron chi connectivity index (χ3n) is 4.97. The topological polar surface area (TPSA) is 78.0 Å². The third-order valence-corrected chi connectivity index (χ3v) is 4.97. The van der Waals surface area contributed by atoms with Crippen LogP contribution < -0.4 is 16.0 Å². The summed E-state index contributed by atoms with van der Waals surface area (Å²) in [6.07, 6.45) is 3.03. The summed E-state index contributed by atoms with van der Waals surface area (Å²) in [7, 11) is 3.40. The summed E-state index contributed by atoms with van der Waals surface area (Å²) in [4.78, 5) is 18.9. The van der Waals surface area contributed by atoms with E-state index >= 15 is 0 Å². The average molecular weight is 517 g/mol. The minimum Gasteiger partial charge on any atom is -0.383 e. The van der Waals surface area contributed by atoms with Crippen molar-refractivity contribution < 1.29 is 9.53 Å². The Hall–Kier alpha value is -1.39. The minimum absolute atomic E-state index is 0. The summed E-state index contributed by atoms with van der Waals surface area (Å²) < 4.78 is 5.17. The minimum atomic E-state index is -0.0581. The zero-order valence-electron chi connectivity index (χ0n) is 17.9. The van der Waals surface area contributed by atoms with Gasteiger partial charge in [-0.3, -0.25) is 9.79 Å². The summed E-state index contributed by atoms with van der Waals surface area (Å²) in [5.74, 6) is 0.817. The van der Waals surface area contributed by atoms with E-state index in [4.69, 9.17) is 9.73 Å². The molecule has 0 bridgehead atoms. The number of hydrogen-bond acceptors (Lipinski definition) is 4. The number of carbonyl (C=O) groups excluding carboxylic acids is 1. The Morgan fingerprint density at radius 3 is 2.72 bits per heavy atom. The zero-order valence-corrected chi connectivity index (χ0v) is 20.2. The second kappa shape index (κ2) is 14.6. The van der Waals surface area contributed by atoms with Crippen molar-refractivity contribution in [2.24, 2.45) is 4.99 Å². The smallest absolute Gasteiger partial charge is 0.251 e. The molecule has 1 saturated heterocycles. The molecule has 1 aliphatic heterocycles. The number of guanidine groups is 1. The number of hydrogen-bond donors (Lipinski definition) is 3. The van der Waals surface area contributed by atoms with Crippen LogP contribution in [0.5, 0.6) is 0 Å². The fourth-order valence-electron chi connectivity index (χ4n) is 3.34. The van der Waals surface area contributed by atoms with Gasteiger partial charge in [-0.25, -0.2) is 0 Å².